The molecule has 6 heteroatoms. The lowest BCUT2D eigenvalue weighted by Crippen LogP contribution is -2.24. The van der Waals surface area contributed by atoms with E-state index in [1.54, 1.807) is 18.0 Å². The van der Waals surface area contributed by atoms with Crippen LogP contribution >= 0.6 is 23.4 Å². The van der Waals surface area contributed by atoms with E-state index in [1.165, 1.54) is 0 Å². The van der Waals surface area contributed by atoms with Crippen molar-refractivity contribution in [3.05, 3.63) is 53.4 Å². The second kappa shape index (κ2) is 5.50. The maximum atomic E-state index is 5.83. The molecule has 0 bridgehead atoms. The van der Waals surface area contributed by atoms with Crippen molar-refractivity contribution in [2.24, 2.45) is 10.1 Å². The van der Waals surface area contributed by atoms with Gasteiger partial charge in [-0.3, -0.25) is 5.43 Å². The van der Waals surface area contributed by atoms with Crippen molar-refractivity contribution in [1.82, 2.24) is 5.43 Å². The average molecular weight is 292 g/mol. The van der Waals surface area contributed by atoms with E-state index in [0.29, 0.717) is 5.02 Å². The minimum atomic E-state index is 0.700. The summed E-state index contributed by atoms with van der Waals surface area (Å²) in [6, 6.07) is 11.1. The van der Waals surface area contributed by atoms with Gasteiger partial charge in [0.15, 0.2) is 10.9 Å². The fraction of sp³-hybridized carbons (Fsp3) is 0.0769. The maximum Gasteiger partial charge on any atom is 0.182 e. The Bertz CT molecular complexity index is 620. The highest BCUT2D eigenvalue weighted by Crippen LogP contribution is 2.20. The fourth-order valence-corrected chi connectivity index (χ4v) is 2.46. The first-order valence-electron chi connectivity index (χ1n) is 5.65. The van der Waals surface area contributed by atoms with E-state index in [9.17, 15) is 0 Å². The molecule has 3 rings (SSSR count). The lowest BCUT2D eigenvalue weighted by molar-refractivity contribution is 0.556. The highest BCUT2D eigenvalue weighted by atomic mass is 35.5. The third-order valence-corrected chi connectivity index (χ3v) is 3.62. The summed E-state index contributed by atoms with van der Waals surface area (Å²) in [7, 11) is 0. The Hall–Kier alpha value is -1.72. The van der Waals surface area contributed by atoms with Gasteiger partial charge in [0, 0.05) is 10.8 Å². The minimum Gasteiger partial charge on any atom is -0.463 e. The molecule has 0 unspecified atom stereocenters. The van der Waals surface area contributed by atoms with E-state index in [-0.39, 0.29) is 0 Å². The van der Waals surface area contributed by atoms with Gasteiger partial charge in [0.1, 0.15) is 5.71 Å². The van der Waals surface area contributed by atoms with Gasteiger partial charge in [-0.05, 0) is 36.4 Å². The van der Waals surface area contributed by atoms with Gasteiger partial charge in [0.05, 0.1) is 12.0 Å². The molecule has 0 amide bonds. The van der Waals surface area contributed by atoms with Crippen LogP contribution in [0.25, 0.3) is 0 Å². The van der Waals surface area contributed by atoms with Crippen LogP contribution in [0, 0.1) is 0 Å². The summed E-state index contributed by atoms with van der Waals surface area (Å²) in [4.78, 5) is 4.45. The number of halogens is 1. The Kier molecular flexibility index (Phi) is 3.57. The van der Waals surface area contributed by atoms with Crippen LogP contribution in [0.1, 0.15) is 5.76 Å². The molecule has 96 valence electrons. The lowest BCUT2D eigenvalue weighted by atomic mass is 10.3. The summed E-state index contributed by atoms with van der Waals surface area (Å²) in [6.45, 7) is 0. The molecule has 0 aliphatic carbocycles. The molecule has 2 heterocycles. The predicted octanol–water partition coefficient (Wildman–Crippen LogP) is 3.66. The average Bonchev–Trinajstić information content (AvgIpc) is 2.96. The number of furan rings is 1. The molecule has 0 saturated carbocycles. The van der Waals surface area contributed by atoms with Crippen LogP contribution in [-0.4, -0.2) is 16.6 Å². The van der Waals surface area contributed by atoms with Crippen LogP contribution < -0.4 is 5.43 Å². The van der Waals surface area contributed by atoms with E-state index in [0.717, 1.165) is 28.1 Å². The predicted molar refractivity (Wildman–Crippen MR) is 79.4 cm³/mol. The van der Waals surface area contributed by atoms with Gasteiger partial charge in [0.25, 0.3) is 0 Å². The Labute approximate surface area is 119 Å². The number of rotatable bonds is 2. The molecule has 1 aliphatic heterocycles. The molecule has 2 aromatic rings. The van der Waals surface area contributed by atoms with Crippen LogP contribution in [0.4, 0.5) is 5.69 Å². The van der Waals surface area contributed by atoms with E-state index >= 15 is 0 Å². The van der Waals surface area contributed by atoms with Crippen molar-refractivity contribution in [3.8, 4) is 0 Å². The van der Waals surface area contributed by atoms with Crippen LogP contribution in [0.3, 0.4) is 0 Å². The first kappa shape index (κ1) is 12.3. The smallest absolute Gasteiger partial charge is 0.182 e. The number of nitrogens with one attached hydrogen (secondary N) is 1. The topological polar surface area (TPSA) is 49.9 Å². The molecule has 19 heavy (non-hydrogen) atoms. The fourth-order valence-electron chi connectivity index (χ4n) is 1.58. The highest BCUT2D eigenvalue weighted by molar-refractivity contribution is 8.14. The normalized spacial score (nSPS) is 17.1. The second-order valence-electron chi connectivity index (χ2n) is 3.83. The van der Waals surface area contributed by atoms with E-state index in [4.69, 9.17) is 16.0 Å². The number of benzene rings is 1. The standard InChI is InChI=1S/C13H10ClN3OS/c14-9-3-5-10(6-4-9)15-13-17-16-11(8-19-13)12-2-1-7-18-12/h1-7H,8H2,(H,15,17). The second-order valence-corrected chi connectivity index (χ2v) is 5.23. The molecule has 0 fully saturated rings. The molecule has 4 nitrogen and oxygen atoms in total. The van der Waals surface area contributed by atoms with Crippen molar-refractivity contribution >= 4 is 39.9 Å². The largest absolute Gasteiger partial charge is 0.463 e. The number of thioether (sulfide) groups is 1. The van der Waals surface area contributed by atoms with Crippen molar-refractivity contribution in [2.75, 3.05) is 5.75 Å². The zero-order chi connectivity index (χ0) is 13.1. The summed E-state index contributed by atoms with van der Waals surface area (Å²) in [5.74, 6) is 1.51. The molecular formula is C13H10ClN3OS. The molecule has 0 saturated heterocycles. The van der Waals surface area contributed by atoms with Crippen LogP contribution in [0.5, 0.6) is 0 Å². The summed E-state index contributed by atoms with van der Waals surface area (Å²) < 4.78 is 5.30. The lowest BCUT2D eigenvalue weighted by Gasteiger charge is -2.12. The number of nitrogens with zero attached hydrogens (tertiary/aromatic N) is 2. The first-order valence-corrected chi connectivity index (χ1v) is 7.01. The van der Waals surface area contributed by atoms with Crippen molar-refractivity contribution in [2.45, 2.75) is 0 Å². The molecule has 0 spiro atoms. The van der Waals surface area contributed by atoms with Gasteiger partial charge < -0.3 is 4.42 Å². The highest BCUT2D eigenvalue weighted by Gasteiger charge is 2.14. The van der Waals surface area contributed by atoms with Gasteiger partial charge in [0.2, 0.25) is 0 Å². The summed E-state index contributed by atoms with van der Waals surface area (Å²) in [6.07, 6.45) is 1.64. The Morgan fingerprint density at radius 2 is 2.11 bits per heavy atom. The van der Waals surface area contributed by atoms with Crippen molar-refractivity contribution in [3.63, 3.8) is 0 Å². The molecule has 1 aromatic heterocycles. The summed E-state index contributed by atoms with van der Waals surface area (Å²) >= 11 is 7.41. The quantitative estimate of drug-likeness (QED) is 0.918. The molecule has 0 radical (unpaired) electrons. The first-order chi connectivity index (χ1) is 9.31. The Morgan fingerprint density at radius 1 is 1.26 bits per heavy atom. The minimum absolute atomic E-state index is 0.700. The van der Waals surface area contributed by atoms with Gasteiger partial charge in [-0.1, -0.05) is 23.4 Å². The van der Waals surface area contributed by atoms with Gasteiger partial charge in [-0.15, -0.1) is 0 Å². The SMILES string of the molecule is Clc1ccc(N=C2NN=C(c3ccco3)CS2)cc1. The van der Waals surface area contributed by atoms with E-state index in [2.05, 4.69) is 15.5 Å². The van der Waals surface area contributed by atoms with Crippen molar-refractivity contribution < 1.29 is 4.42 Å². The maximum absolute atomic E-state index is 5.83. The zero-order valence-corrected chi connectivity index (χ0v) is 11.4. The third-order valence-electron chi connectivity index (χ3n) is 2.49. The van der Waals surface area contributed by atoms with Gasteiger partial charge in [-0.2, -0.15) is 5.10 Å². The van der Waals surface area contributed by atoms with Crippen LogP contribution in [-0.2, 0) is 0 Å². The molecule has 1 aliphatic rings. The number of hydrogen-bond donors (Lipinski definition) is 1. The zero-order valence-electron chi connectivity index (χ0n) is 9.84. The van der Waals surface area contributed by atoms with E-state index < -0.39 is 0 Å². The van der Waals surface area contributed by atoms with Crippen LogP contribution in [0.15, 0.2) is 57.2 Å². The molecule has 0 atom stereocenters. The number of aliphatic imine (C=N–C) groups is 1. The summed E-state index contributed by atoms with van der Waals surface area (Å²) in [5, 5.41) is 5.72. The monoisotopic (exact) mass is 291 g/mol. The third kappa shape index (κ3) is 3.00. The van der Waals surface area contributed by atoms with E-state index in [1.807, 2.05) is 36.4 Å². The Morgan fingerprint density at radius 3 is 2.74 bits per heavy atom. The molecule has 1 N–H and O–H groups in total. The van der Waals surface area contributed by atoms with Crippen molar-refractivity contribution in [1.29, 1.82) is 0 Å². The number of amidine groups is 1. The molecular weight excluding hydrogens is 282 g/mol. The van der Waals surface area contributed by atoms with Gasteiger partial charge >= 0.3 is 0 Å². The Balaban J connectivity index is 1.74. The van der Waals surface area contributed by atoms with Gasteiger partial charge in [-0.25, -0.2) is 4.99 Å². The number of hydrazone groups is 1. The summed E-state index contributed by atoms with van der Waals surface area (Å²) in [5.41, 5.74) is 4.65. The van der Waals surface area contributed by atoms with Crippen LogP contribution in [0.2, 0.25) is 5.02 Å². The molecule has 1 aromatic carbocycles. The number of hydrogen-bond acceptors (Lipinski definition) is 4.